The van der Waals surface area contributed by atoms with Crippen molar-refractivity contribution in [3.05, 3.63) is 0 Å². The SMILES string of the molecule is CCCCCCCCCCCCCCCCCCCCCCCCCCCCCCCC(O)C(CO)NC(=O)CCCCCCCCCCCCC. The van der Waals surface area contributed by atoms with Crippen LogP contribution in [0, 0.1) is 0 Å². The molecule has 1 amide bonds. The number of carbonyl (C=O) groups is 1. The van der Waals surface area contributed by atoms with Crippen LogP contribution in [0.3, 0.4) is 0 Å². The normalized spacial score (nSPS) is 12.8. The first kappa shape index (κ1) is 51.4. The molecule has 0 aromatic carbocycles. The summed E-state index contributed by atoms with van der Waals surface area (Å²) in [7, 11) is 0. The molecule has 0 radical (unpaired) electrons. The summed E-state index contributed by atoms with van der Waals surface area (Å²) in [4.78, 5) is 12.4. The van der Waals surface area contributed by atoms with Gasteiger partial charge in [0, 0.05) is 6.42 Å². The Morgan fingerprint density at radius 3 is 0.865 bits per heavy atom. The highest BCUT2D eigenvalue weighted by molar-refractivity contribution is 5.76. The summed E-state index contributed by atoms with van der Waals surface area (Å²) in [5.41, 5.74) is 0. The molecule has 0 aromatic heterocycles. The van der Waals surface area contributed by atoms with Crippen LogP contribution in [0.15, 0.2) is 0 Å². The van der Waals surface area contributed by atoms with Crippen molar-refractivity contribution in [1.29, 1.82) is 0 Å². The number of nitrogens with one attached hydrogen (secondary N) is 1. The van der Waals surface area contributed by atoms with Gasteiger partial charge in [0.1, 0.15) is 0 Å². The van der Waals surface area contributed by atoms with E-state index in [0.717, 1.165) is 25.7 Å². The molecule has 0 rings (SSSR count). The topological polar surface area (TPSA) is 69.6 Å². The van der Waals surface area contributed by atoms with Crippen LogP contribution in [0.25, 0.3) is 0 Å². The molecular formula is C48H97NO3. The maximum absolute atomic E-state index is 12.4. The van der Waals surface area contributed by atoms with Crippen molar-refractivity contribution in [2.24, 2.45) is 0 Å². The molecule has 0 aliphatic carbocycles. The second kappa shape index (κ2) is 44.8. The second-order valence-corrected chi connectivity index (χ2v) is 16.9. The highest BCUT2D eigenvalue weighted by Gasteiger charge is 2.20. The molecular weight excluding hydrogens is 639 g/mol. The Hall–Kier alpha value is -0.610. The van der Waals surface area contributed by atoms with Gasteiger partial charge in [-0.15, -0.1) is 0 Å². The summed E-state index contributed by atoms with van der Waals surface area (Å²) in [6, 6.07) is -0.529. The van der Waals surface area contributed by atoms with Crippen LogP contribution in [-0.2, 0) is 4.79 Å². The molecule has 4 nitrogen and oxygen atoms in total. The van der Waals surface area contributed by atoms with Gasteiger partial charge in [0.25, 0.3) is 0 Å². The van der Waals surface area contributed by atoms with Crippen LogP contribution < -0.4 is 5.32 Å². The van der Waals surface area contributed by atoms with Crippen LogP contribution in [-0.4, -0.2) is 34.9 Å². The summed E-state index contributed by atoms with van der Waals surface area (Å²) in [6.07, 6.45) is 55.0. The summed E-state index contributed by atoms with van der Waals surface area (Å²) in [6.45, 7) is 4.37. The number of hydrogen-bond acceptors (Lipinski definition) is 3. The molecule has 0 fully saturated rings. The molecule has 0 aliphatic rings. The third-order valence-electron chi connectivity index (χ3n) is 11.6. The average Bonchev–Trinajstić information content (AvgIpc) is 3.15. The monoisotopic (exact) mass is 736 g/mol. The van der Waals surface area contributed by atoms with E-state index in [4.69, 9.17) is 0 Å². The number of unbranched alkanes of at least 4 members (excludes halogenated alkanes) is 38. The van der Waals surface area contributed by atoms with Crippen LogP contribution in [0.4, 0.5) is 0 Å². The molecule has 0 bridgehead atoms. The predicted molar refractivity (Wildman–Crippen MR) is 230 cm³/mol. The van der Waals surface area contributed by atoms with E-state index in [0.29, 0.717) is 12.8 Å². The van der Waals surface area contributed by atoms with Crippen LogP contribution in [0.1, 0.15) is 284 Å². The number of aliphatic hydroxyl groups excluding tert-OH is 2. The van der Waals surface area contributed by atoms with E-state index in [9.17, 15) is 15.0 Å². The lowest BCUT2D eigenvalue weighted by Gasteiger charge is -2.22. The number of carbonyl (C=O) groups excluding carboxylic acids is 1. The van der Waals surface area contributed by atoms with Crippen molar-refractivity contribution in [1.82, 2.24) is 5.32 Å². The summed E-state index contributed by atoms with van der Waals surface area (Å²) in [5.74, 6) is -0.0281. The molecule has 0 saturated heterocycles. The third-order valence-corrected chi connectivity index (χ3v) is 11.6. The molecule has 0 aromatic rings. The van der Waals surface area contributed by atoms with Gasteiger partial charge in [-0.1, -0.05) is 264 Å². The first-order valence-electron chi connectivity index (χ1n) is 24.2. The van der Waals surface area contributed by atoms with Crippen LogP contribution in [0.2, 0.25) is 0 Å². The minimum absolute atomic E-state index is 0.0281. The quantitative estimate of drug-likeness (QED) is 0.0545. The zero-order chi connectivity index (χ0) is 37.8. The predicted octanol–water partition coefficient (Wildman–Crippen LogP) is 15.2. The van der Waals surface area contributed by atoms with Crippen molar-refractivity contribution in [3.8, 4) is 0 Å². The third kappa shape index (κ3) is 40.6. The molecule has 3 N–H and O–H groups in total. The Bertz CT molecular complexity index is 670. The molecule has 0 spiro atoms. The van der Waals surface area contributed by atoms with E-state index >= 15 is 0 Å². The molecule has 4 heteroatoms. The van der Waals surface area contributed by atoms with Crippen molar-refractivity contribution >= 4 is 5.91 Å². The molecule has 0 saturated carbocycles. The van der Waals surface area contributed by atoms with Gasteiger partial charge in [0.05, 0.1) is 18.8 Å². The molecule has 2 atom stereocenters. The lowest BCUT2D eigenvalue weighted by atomic mass is 10.0. The van der Waals surface area contributed by atoms with Gasteiger partial charge in [-0.05, 0) is 12.8 Å². The maximum Gasteiger partial charge on any atom is 0.220 e. The number of amides is 1. The maximum atomic E-state index is 12.4. The van der Waals surface area contributed by atoms with Crippen molar-refractivity contribution in [2.75, 3.05) is 6.61 Å². The van der Waals surface area contributed by atoms with E-state index in [1.54, 1.807) is 0 Å². The van der Waals surface area contributed by atoms with E-state index in [-0.39, 0.29) is 12.5 Å². The average molecular weight is 736 g/mol. The highest BCUT2D eigenvalue weighted by Crippen LogP contribution is 2.17. The zero-order valence-electron chi connectivity index (χ0n) is 35.9. The Balaban J connectivity index is 3.37. The van der Waals surface area contributed by atoms with E-state index in [1.165, 1.54) is 231 Å². The smallest absolute Gasteiger partial charge is 0.220 e. The van der Waals surface area contributed by atoms with Crippen molar-refractivity contribution in [2.45, 2.75) is 296 Å². The molecule has 312 valence electrons. The summed E-state index contributed by atoms with van der Waals surface area (Å²) >= 11 is 0. The summed E-state index contributed by atoms with van der Waals surface area (Å²) in [5, 5.41) is 23.2. The highest BCUT2D eigenvalue weighted by atomic mass is 16.3. The molecule has 0 heterocycles. The van der Waals surface area contributed by atoms with Gasteiger partial charge in [-0.3, -0.25) is 4.79 Å². The fraction of sp³-hybridized carbons (Fsp3) is 0.979. The number of aliphatic hydroxyl groups is 2. The lowest BCUT2D eigenvalue weighted by molar-refractivity contribution is -0.123. The fourth-order valence-electron chi connectivity index (χ4n) is 7.89. The van der Waals surface area contributed by atoms with Crippen LogP contribution >= 0.6 is 0 Å². The van der Waals surface area contributed by atoms with Crippen LogP contribution in [0.5, 0.6) is 0 Å². The summed E-state index contributed by atoms with van der Waals surface area (Å²) < 4.78 is 0. The zero-order valence-corrected chi connectivity index (χ0v) is 35.9. The number of rotatable bonds is 45. The van der Waals surface area contributed by atoms with E-state index < -0.39 is 12.1 Å². The fourth-order valence-corrected chi connectivity index (χ4v) is 7.89. The molecule has 2 unspecified atom stereocenters. The minimum atomic E-state index is -0.653. The second-order valence-electron chi connectivity index (χ2n) is 16.9. The van der Waals surface area contributed by atoms with Gasteiger partial charge >= 0.3 is 0 Å². The standard InChI is InChI=1S/C48H97NO3/c1-3-5-7-9-11-13-15-16-17-18-19-20-21-22-23-24-25-26-27-28-29-30-31-32-34-35-37-39-41-43-47(51)46(45-50)49-48(52)44-42-40-38-36-33-14-12-10-8-6-4-2/h46-47,50-51H,3-45H2,1-2H3,(H,49,52). The largest absolute Gasteiger partial charge is 0.394 e. The van der Waals surface area contributed by atoms with Gasteiger partial charge in [-0.25, -0.2) is 0 Å². The van der Waals surface area contributed by atoms with Gasteiger partial charge in [0.15, 0.2) is 0 Å². The molecule has 0 aliphatic heterocycles. The Morgan fingerprint density at radius 1 is 0.385 bits per heavy atom. The van der Waals surface area contributed by atoms with Crippen molar-refractivity contribution in [3.63, 3.8) is 0 Å². The van der Waals surface area contributed by atoms with Gasteiger partial charge in [0.2, 0.25) is 5.91 Å². The number of hydrogen-bond donors (Lipinski definition) is 3. The first-order valence-corrected chi connectivity index (χ1v) is 24.2. The van der Waals surface area contributed by atoms with E-state index in [2.05, 4.69) is 19.2 Å². The first-order chi connectivity index (χ1) is 25.7. The lowest BCUT2D eigenvalue weighted by Crippen LogP contribution is -2.45. The van der Waals surface area contributed by atoms with Gasteiger partial charge < -0.3 is 15.5 Å². The Labute approximate surface area is 327 Å². The Morgan fingerprint density at radius 2 is 0.615 bits per heavy atom. The minimum Gasteiger partial charge on any atom is -0.394 e. The van der Waals surface area contributed by atoms with E-state index in [1.807, 2.05) is 0 Å². The Kier molecular flexibility index (Phi) is 44.3. The van der Waals surface area contributed by atoms with Gasteiger partial charge in [-0.2, -0.15) is 0 Å². The van der Waals surface area contributed by atoms with Crippen molar-refractivity contribution < 1.29 is 15.0 Å². The molecule has 52 heavy (non-hydrogen) atoms.